The van der Waals surface area contributed by atoms with E-state index in [4.69, 9.17) is 29.7 Å². The van der Waals surface area contributed by atoms with Crippen molar-refractivity contribution in [2.24, 2.45) is 5.41 Å². The number of carbonyl (C=O) groups is 1. The summed E-state index contributed by atoms with van der Waals surface area (Å²) in [6.45, 7) is 17.8. The number of carbonyl (C=O) groups excluding carboxylic acids is 1. The number of aryl methyl sites for hydroxylation is 1. The van der Waals surface area contributed by atoms with E-state index in [0.717, 1.165) is 28.1 Å². The van der Waals surface area contributed by atoms with E-state index < -0.39 is 92.8 Å². The number of likely N-dealkylation sites (N-methyl/N-ethyl adjacent to an activating group) is 1. The molecular formula is C59H77N7O21P3S+. The van der Waals surface area contributed by atoms with Gasteiger partial charge in [0.15, 0.2) is 5.71 Å². The fourth-order valence-corrected chi connectivity index (χ4v) is 14.7. The molecule has 494 valence electrons. The molecule has 3 aromatic carbocycles. The normalized spacial score (nSPS) is 20.1. The number of aromatic nitrogens is 2. The first kappa shape index (κ1) is 71.9. The summed E-state index contributed by atoms with van der Waals surface area (Å²) in [6.07, 6.45) is 7.68. The van der Waals surface area contributed by atoms with Crippen molar-refractivity contribution in [2.75, 3.05) is 44.0 Å². The molecule has 7 rings (SSSR count). The van der Waals surface area contributed by atoms with E-state index in [2.05, 4.69) is 96.7 Å². The van der Waals surface area contributed by atoms with Crippen LogP contribution in [0.2, 0.25) is 0 Å². The Morgan fingerprint density at radius 1 is 1.00 bits per heavy atom. The van der Waals surface area contributed by atoms with Crippen LogP contribution in [-0.4, -0.2) is 114 Å². The zero-order valence-corrected chi connectivity index (χ0v) is 55.3. The summed E-state index contributed by atoms with van der Waals surface area (Å²) >= 11 is 0. The highest BCUT2D eigenvalue weighted by Crippen LogP contribution is 2.66. The number of aliphatic hydroxyl groups is 1. The number of hydrogen-bond donors (Lipinski definition) is 8. The Morgan fingerprint density at radius 3 is 2.36 bits per heavy atom. The van der Waals surface area contributed by atoms with Gasteiger partial charge >= 0.3 is 29.2 Å². The fraction of sp³-hybridized carbons (Fsp3) is 0.458. The van der Waals surface area contributed by atoms with Crippen molar-refractivity contribution >= 4 is 68.1 Å². The van der Waals surface area contributed by atoms with Gasteiger partial charge in [-0.2, -0.15) is 26.6 Å². The number of nitrogen functional groups attached to an aromatic ring is 1. The Labute approximate surface area is 526 Å². The maximum absolute atomic E-state index is 13.1. The smallest absolute Gasteiger partial charge is 0.490 e. The second kappa shape index (κ2) is 28.4. The monoisotopic (exact) mass is 1340 g/mol. The van der Waals surface area contributed by atoms with Gasteiger partial charge in [0.1, 0.15) is 30.4 Å². The molecular weight excluding hydrogens is 1270 g/mol. The molecule has 1 aromatic heterocycles. The second-order valence-electron chi connectivity index (χ2n) is 24.0. The van der Waals surface area contributed by atoms with Gasteiger partial charge in [0.2, 0.25) is 11.6 Å². The number of methoxy groups -OCH3 is 1. The van der Waals surface area contributed by atoms with Crippen LogP contribution in [0.25, 0.3) is 0 Å². The number of rotatable bonds is 26. The molecule has 6 atom stereocenters. The maximum Gasteiger partial charge on any atom is 0.490 e. The number of ether oxygens (including phenoxy) is 3. The highest BCUT2D eigenvalue weighted by Gasteiger charge is 2.46. The molecule has 1 saturated heterocycles. The average Bonchev–Trinajstić information content (AvgIpc) is 1.62. The summed E-state index contributed by atoms with van der Waals surface area (Å²) in [5.41, 5.74) is 10.7. The SMILES string of the molecule is CCN1C(=CC=CC=CC2=[N+](CCCCCC(=O)NCC#Cc3cc([N+](=O)[O-])c([C@@H](OCc4cn([C@H]5CC(O)[C@@H](COP(=O)(O)OP(=O)(O)OP(=O)(O)O)O5)c(=O)nc4N)C(C)(C)C)cc3OC)c3ccc(S(=O)(=O)O)cc3C2(C)C)C(C)(C)c2cc(C)ccc21. The van der Waals surface area contributed by atoms with Gasteiger partial charge in [-0.05, 0) is 81.9 Å². The summed E-state index contributed by atoms with van der Waals surface area (Å²) in [7, 11) is -20.2. The number of nitrogens with zero attached hydrogens (tertiary/aromatic N) is 5. The van der Waals surface area contributed by atoms with Crippen molar-refractivity contribution in [1.82, 2.24) is 14.9 Å². The summed E-state index contributed by atoms with van der Waals surface area (Å²) in [5, 5.41) is 26.2. The molecule has 0 radical (unpaired) electrons. The number of nitrogens with two attached hydrogens (primary N) is 1. The van der Waals surface area contributed by atoms with E-state index in [-0.39, 0.29) is 69.5 Å². The molecule has 3 aliphatic rings. The minimum absolute atomic E-state index is 0.0822. The molecule has 3 aliphatic heterocycles. The minimum atomic E-state index is -5.84. The summed E-state index contributed by atoms with van der Waals surface area (Å²) in [4.78, 5) is 81.1. The Hall–Kier alpha value is -6.54. The van der Waals surface area contributed by atoms with Crippen LogP contribution >= 0.6 is 23.5 Å². The van der Waals surface area contributed by atoms with Crippen molar-refractivity contribution in [2.45, 2.75) is 141 Å². The molecule has 0 bridgehead atoms. The predicted molar refractivity (Wildman–Crippen MR) is 335 cm³/mol. The number of amides is 1. The molecule has 9 N–H and O–H groups in total. The molecule has 0 saturated carbocycles. The Kier molecular flexibility index (Phi) is 22.4. The van der Waals surface area contributed by atoms with Crippen LogP contribution in [0.15, 0.2) is 100 Å². The van der Waals surface area contributed by atoms with E-state index in [1.165, 1.54) is 60.1 Å². The molecule has 1 amide bonds. The van der Waals surface area contributed by atoms with E-state index in [1.54, 1.807) is 26.8 Å². The van der Waals surface area contributed by atoms with E-state index >= 15 is 0 Å². The number of phosphoric acid groups is 3. The summed E-state index contributed by atoms with van der Waals surface area (Å²) < 4.78 is 102. The van der Waals surface area contributed by atoms with Crippen LogP contribution < -0.4 is 26.4 Å². The number of phosphoric ester groups is 1. The number of fused-ring (bicyclic) bond motifs is 2. The van der Waals surface area contributed by atoms with Crippen LogP contribution in [0.5, 0.6) is 5.75 Å². The number of unbranched alkanes of at least 4 members (excludes halogenated alkanes) is 2. The van der Waals surface area contributed by atoms with Crippen LogP contribution in [0.4, 0.5) is 22.9 Å². The van der Waals surface area contributed by atoms with Gasteiger partial charge < -0.3 is 54.8 Å². The molecule has 4 heterocycles. The molecule has 1 fully saturated rings. The van der Waals surface area contributed by atoms with Crippen molar-refractivity contribution < 1.29 is 93.0 Å². The lowest BCUT2D eigenvalue weighted by atomic mass is 9.81. The standard InChI is InChI=1S/C59H76N7O21P3S/c1-11-63-44-25-23-37(2)29-42(44)58(6,7)50(63)20-14-12-15-21-51-59(8,9)43-31-40(91(79,80)81)24-26-45(43)64(51)28-17-13-16-22-52(68)61-27-18-19-38-30-46(66(70)71)41(32-48(38)82-10)54(57(3,4)5)83-35-39-34-65(56(69)62-55(39)60)53-33-47(67)49(85-53)36-84-89(75,76)87-90(77,78)86-88(72,73)74/h12,14-15,20-21,23-26,29-32,34,47,49,53-54,67H,11,13,16-17,22,27-28,33,35-36H2,1-10H3,(H7-,60,61,62,68,69,72,73,74,75,76,77,78,79,80,81)/p+1/t47?,49-,53-,54-/m1/s1. The Bertz CT molecular complexity index is 3990. The van der Waals surface area contributed by atoms with Crippen molar-refractivity contribution in [3.63, 3.8) is 0 Å². The molecule has 4 aromatic rings. The predicted octanol–water partition coefficient (Wildman–Crippen LogP) is 8.51. The lowest BCUT2D eigenvalue weighted by Gasteiger charge is -2.31. The van der Waals surface area contributed by atoms with Crippen molar-refractivity contribution in [3.05, 3.63) is 145 Å². The van der Waals surface area contributed by atoms with Crippen LogP contribution in [0.3, 0.4) is 0 Å². The number of nitrogens with one attached hydrogen (secondary N) is 1. The Balaban J connectivity index is 0.973. The van der Waals surface area contributed by atoms with Crippen molar-refractivity contribution in [1.29, 1.82) is 0 Å². The third-order valence-electron chi connectivity index (χ3n) is 15.6. The van der Waals surface area contributed by atoms with Gasteiger partial charge in [0.25, 0.3) is 15.8 Å². The summed E-state index contributed by atoms with van der Waals surface area (Å²) in [5.74, 6) is 5.29. The highest BCUT2D eigenvalue weighted by atomic mass is 32.2. The van der Waals surface area contributed by atoms with Crippen molar-refractivity contribution in [3.8, 4) is 17.6 Å². The second-order valence-corrected chi connectivity index (χ2v) is 29.8. The molecule has 3 unspecified atom stereocenters. The van der Waals surface area contributed by atoms with Gasteiger partial charge in [0.05, 0.1) is 65.4 Å². The molecule has 0 spiro atoms. The number of nitro groups is 1. The number of allylic oxidation sites excluding steroid dienone is 6. The molecule has 0 aliphatic carbocycles. The molecule has 28 nitrogen and oxygen atoms in total. The Morgan fingerprint density at radius 2 is 1.71 bits per heavy atom. The van der Waals surface area contributed by atoms with Gasteiger partial charge in [-0.1, -0.05) is 82.4 Å². The number of anilines is 2. The van der Waals surface area contributed by atoms with Crippen LogP contribution in [0.1, 0.15) is 133 Å². The first-order chi connectivity index (χ1) is 42.3. The van der Waals surface area contributed by atoms with E-state index in [9.17, 15) is 61.3 Å². The molecule has 91 heavy (non-hydrogen) atoms. The quantitative estimate of drug-likeness (QED) is 0.00426. The van der Waals surface area contributed by atoms with Crippen LogP contribution in [-0.2, 0) is 68.7 Å². The van der Waals surface area contributed by atoms with E-state index in [1.807, 2.05) is 38.2 Å². The average molecular weight is 1350 g/mol. The fourth-order valence-electron chi connectivity index (χ4n) is 11.2. The summed E-state index contributed by atoms with van der Waals surface area (Å²) in [6, 6.07) is 13.8. The van der Waals surface area contributed by atoms with Gasteiger partial charge in [-0.25, -0.2) is 18.5 Å². The largest absolute Gasteiger partial charge is 0.495 e. The van der Waals surface area contributed by atoms with Gasteiger partial charge in [-0.15, -0.1) is 0 Å². The number of nitro benzene ring substituents is 1. The number of aliphatic hydroxyl groups excluding tert-OH is 1. The molecule has 32 heteroatoms. The zero-order valence-electron chi connectivity index (χ0n) is 51.8. The van der Waals surface area contributed by atoms with Gasteiger partial charge in [-0.3, -0.25) is 28.6 Å². The highest BCUT2D eigenvalue weighted by molar-refractivity contribution is 7.85. The zero-order chi connectivity index (χ0) is 67.4. The minimum Gasteiger partial charge on any atom is -0.495 e. The first-order valence-corrected chi connectivity index (χ1v) is 34.7. The lowest BCUT2D eigenvalue weighted by Crippen LogP contribution is -2.30. The van der Waals surface area contributed by atoms with E-state index in [0.29, 0.717) is 25.8 Å². The van der Waals surface area contributed by atoms with Crippen LogP contribution in [0, 0.1) is 34.3 Å². The lowest BCUT2D eigenvalue weighted by molar-refractivity contribution is -0.438. The first-order valence-electron chi connectivity index (χ1n) is 28.7. The number of hydrogen-bond acceptors (Lipinski definition) is 19. The third kappa shape index (κ3) is 17.6. The third-order valence-corrected chi connectivity index (χ3v) is 20.2. The maximum atomic E-state index is 13.1. The number of benzene rings is 3. The topological polar surface area (TPSA) is 402 Å². The van der Waals surface area contributed by atoms with Gasteiger partial charge in [0, 0.05) is 78.1 Å².